The molecule has 0 aromatic carbocycles. The first-order chi connectivity index (χ1) is 8.95. The Labute approximate surface area is 118 Å². The van der Waals surface area contributed by atoms with Crippen molar-refractivity contribution in [2.75, 3.05) is 30.8 Å². The molecule has 1 saturated heterocycles. The lowest BCUT2D eigenvalue weighted by molar-refractivity contribution is 0.286. The quantitative estimate of drug-likeness (QED) is 0.851. The van der Waals surface area contributed by atoms with Crippen LogP contribution in [0.5, 0.6) is 0 Å². The predicted octanol–water partition coefficient (Wildman–Crippen LogP) is 1.43. The van der Waals surface area contributed by atoms with Gasteiger partial charge in [-0.3, -0.25) is 0 Å². The largest absolute Gasteiger partial charge is 0.384 e. The van der Waals surface area contributed by atoms with Crippen LogP contribution in [0.2, 0.25) is 0 Å². The second kappa shape index (κ2) is 6.11. The Balaban J connectivity index is 1.87. The number of hydrogen-bond donors (Lipinski definition) is 1. The number of thioether (sulfide) groups is 1. The molecule has 1 unspecified atom stereocenters. The van der Waals surface area contributed by atoms with Gasteiger partial charge in [0.1, 0.15) is 5.82 Å². The number of pyridine rings is 1. The fourth-order valence-corrected chi connectivity index (χ4v) is 4.09. The molecule has 0 spiro atoms. The number of nitrogen functional groups attached to an aromatic ring is 1. The Bertz CT molecular complexity index is 516. The van der Waals surface area contributed by atoms with Crippen molar-refractivity contribution < 1.29 is 8.42 Å². The number of nitrogens with zero attached hydrogens (tertiary/aromatic N) is 2. The molecule has 1 aromatic rings. The maximum absolute atomic E-state index is 11.5. The highest BCUT2D eigenvalue weighted by Crippen LogP contribution is 2.26. The molecule has 1 aliphatic heterocycles. The summed E-state index contributed by atoms with van der Waals surface area (Å²) in [4.78, 5) is 5.12. The van der Waals surface area contributed by atoms with E-state index < -0.39 is 10.0 Å². The van der Waals surface area contributed by atoms with Crippen LogP contribution in [-0.4, -0.2) is 42.8 Å². The molecule has 1 aliphatic rings. The third-order valence-corrected chi connectivity index (χ3v) is 5.68. The van der Waals surface area contributed by atoms with Crippen LogP contribution in [0.25, 0.3) is 0 Å². The van der Waals surface area contributed by atoms with Crippen LogP contribution >= 0.6 is 11.8 Å². The Morgan fingerprint density at radius 2 is 2.32 bits per heavy atom. The highest BCUT2D eigenvalue weighted by atomic mass is 32.2. The zero-order chi connectivity index (χ0) is 13.9. The van der Waals surface area contributed by atoms with Gasteiger partial charge in [0.25, 0.3) is 0 Å². The first-order valence-corrected chi connectivity index (χ1v) is 9.08. The molecule has 5 nitrogen and oxygen atoms in total. The van der Waals surface area contributed by atoms with E-state index in [0.717, 1.165) is 23.5 Å². The zero-order valence-electron chi connectivity index (χ0n) is 10.9. The standard InChI is InChI=1S/C12H19N3O2S2/c1-19(16,17)15-6-2-3-10(8-15)9-18-11-4-5-12(13)14-7-11/h4-5,7,10H,2-3,6,8-9H2,1H3,(H2,13,14). The van der Waals surface area contributed by atoms with Gasteiger partial charge in [-0.05, 0) is 30.9 Å². The fourth-order valence-electron chi connectivity index (χ4n) is 2.16. The average Bonchev–Trinajstić information content (AvgIpc) is 2.37. The number of rotatable bonds is 4. The number of hydrogen-bond acceptors (Lipinski definition) is 5. The minimum atomic E-state index is -3.05. The van der Waals surface area contributed by atoms with Gasteiger partial charge in [0.05, 0.1) is 6.26 Å². The van der Waals surface area contributed by atoms with Crippen LogP contribution in [-0.2, 0) is 10.0 Å². The van der Waals surface area contributed by atoms with Gasteiger partial charge in [-0.2, -0.15) is 0 Å². The smallest absolute Gasteiger partial charge is 0.211 e. The average molecular weight is 301 g/mol. The van der Waals surface area contributed by atoms with E-state index in [4.69, 9.17) is 5.73 Å². The third-order valence-electron chi connectivity index (χ3n) is 3.20. The number of anilines is 1. The lowest BCUT2D eigenvalue weighted by atomic mass is 10.0. The van der Waals surface area contributed by atoms with E-state index in [-0.39, 0.29) is 0 Å². The van der Waals surface area contributed by atoms with Crippen molar-refractivity contribution in [2.45, 2.75) is 17.7 Å². The maximum atomic E-state index is 11.5. The van der Waals surface area contributed by atoms with Crippen molar-refractivity contribution in [1.82, 2.24) is 9.29 Å². The van der Waals surface area contributed by atoms with Gasteiger partial charge >= 0.3 is 0 Å². The Morgan fingerprint density at radius 3 is 2.95 bits per heavy atom. The minimum absolute atomic E-state index is 0.408. The third kappa shape index (κ3) is 4.36. The van der Waals surface area contributed by atoms with Crippen molar-refractivity contribution in [1.29, 1.82) is 0 Å². The summed E-state index contributed by atoms with van der Waals surface area (Å²) in [6, 6.07) is 3.73. The summed E-state index contributed by atoms with van der Waals surface area (Å²) in [5.74, 6) is 1.84. The van der Waals surface area contributed by atoms with E-state index in [1.807, 2.05) is 6.07 Å². The van der Waals surface area contributed by atoms with E-state index in [1.54, 1.807) is 28.3 Å². The number of sulfonamides is 1. The summed E-state index contributed by atoms with van der Waals surface area (Å²) < 4.78 is 24.7. The Morgan fingerprint density at radius 1 is 1.53 bits per heavy atom. The van der Waals surface area contributed by atoms with Gasteiger partial charge in [0.2, 0.25) is 10.0 Å². The zero-order valence-corrected chi connectivity index (χ0v) is 12.6. The minimum Gasteiger partial charge on any atom is -0.384 e. The summed E-state index contributed by atoms with van der Waals surface area (Å²) in [7, 11) is -3.05. The number of nitrogens with two attached hydrogens (primary N) is 1. The van der Waals surface area contributed by atoms with Gasteiger partial charge in [0, 0.05) is 29.9 Å². The van der Waals surface area contributed by atoms with Crippen LogP contribution in [0, 0.1) is 5.92 Å². The fraction of sp³-hybridized carbons (Fsp3) is 0.583. The number of aromatic nitrogens is 1. The van der Waals surface area contributed by atoms with Crippen LogP contribution in [0.15, 0.2) is 23.2 Å². The monoisotopic (exact) mass is 301 g/mol. The lowest BCUT2D eigenvalue weighted by Crippen LogP contribution is -2.39. The van der Waals surface area contributed by atoms with Gasteiger partial charge < -0.3 is 5.73 Å². The first kappa shape index (κ1) is 14.6. The van der Waals surface area contributed by atoms with Crippen molar-refractivity contribution >= 4 is 27.6 Å². The predicted molar refractivity (Wildman–Crippen MR) is 78.5 cm³/mol. The molecule has 2 heterocycles. The summed E-state index contributed by atoms with van der Waals surface area (Å²) in [6.07, 6.45) is 5.07. The molecule has 0 radical (unpaired) electrons. The highest BCUT2D eigenvalue weighted by molar-refractivity contribution is 7.99. The summed E-state index contributed by atoms with van der Waals surface area (Å²) in [6.45, 7) is 1.29. The molecule has 0 amide bonds. The molecule has 106 valence electrons. The van der Waals surface area contributed by atoms with Crippen molar-refractivity contribution in [3.63, 3.8) is 0 Å². The molecule has 0 aliphatic carbocycles. The maximum Gasteiger partial charge on any atom is 0.211 e. The first-order valence-electron chi connectivity index (χ1n) is 6.24. The SMILES string of the molecule is CS(=O)(=O)N1CCCC(CSc2ccc(N)nc2)C1. The van der Waals surface area contributed by atoms with Crippen molar-refractivity contribution in [3.8, 4) is 0 Å². The summed E-state index contributed by atoms with van der Waals surface area (Å²) >= 11 is 1.71. The molecule has 2 rings (SSSR count). The molecule has 1 aromatic heterocycles. The van der Waals surface area contributed by atoms with Crippen LogP contribution in [0.4, 0.5) is 5.82 Å². The van der Waals surface area contributed by atoms with Crippen LogP contribution in [0.1, 0.15) is 12.8 Å². The molecule has 0 saturated carbocycles. The molecular weight excluding hydrogens is 282 g/mol. The molecule has 0 bridgehead atoms. The van der Waals surface area contributed by atoms with E-state index in [2.05, 4.69) is 4.98 Å². The van der Waals surface area contributed by atoms with Gasteiger partial charge in [-0.15, -0.1) is 11.8 Å². The van der Waals surface area contributed by atoms with E-state index in [1.165, 1.54) is 6.26 Å². The molecule has 7 heteroatoms. The molecule has 19 heavy (non-hydrogen) atoms. The summed E-state index contributed by atoms with van der Waals surface area (Å²) in [5.41, 5.74) is 5.54. The van der Waals surface area contributed by atoms with Gasteiger partial charge in [0.15, 0.2) is 0 Å². The van der Waals surface area contributed by atoms with Crippen LogP contribution < -0.4 is 5.73 Å². The summed E-state index contributed by atoms with van der Waals surface area (Å²) in [5, 5.41) is 0. The lowest BCUT2D eigenvalue weighted by Gasteiger charge is -2.30. The van der Waals surface area contributed by atoms with E-state index in [9.17, 15) is 8.42 Å². The topological polar surface area (TPSA) is 76.3 Å². The number of piperidine rings is 1. The van der Waals surface area contributed by atoms with E-state index in [0.29, 0.717) is 24.8 Å². The Hall–Kier alpha value is -0.790. The van der Waals surface area contributed by atoms with Gasteiger partial charge in [-0.25, -0.2) is 17.7 Å². The highest BCUT2D eigenvalue weighted by Gasteiger charge is 2.25. The second-order valence-electron chi connectivity index (χ2n) is 4.86. The van der Waals surface area contributed by atoms with Gasteiger partial charge in [-0.1, -0.05) is 0 Å². The molecule has 1 fully saturated rings. The van der Waals surface area contributed by atoms with E-state index >= 15 is 0 Å². The normalized spacial score (nSPS) is 21.4. The molecular formula is C12H19N3O2S2. The molecule has 2 N–H and O–H groups in total. The molecule has 1 atom stereocenters. The Kier molecular flexibility index (Phi) is 4.70. The van der Waals surface area contributed by atoms with Crippen LogP contribution in [0.3, 0.4) is 0 Å². The second-order valence-corrected chi connectivity index (χ2v) is 7.93. The van der Waals surface area contributed by atoms with Crippen molar-refractivity contribution in [2.24, 2.45) is 5.92 Å². The van der Waals surface area contributed by atoms with Crippen molar-refractivity contribution in [3.05, 3.63) is 18.3 Å².